The summed E-state index contributed by atoms with van der Waals surface area (Å²) in [5, 5.41) is 2.91. The first-order valence-electron chi connectivity index (χ1n) is 10.0. The molecule has 0 bridgehead atoms. The Morgan fingerprint density at radius 2 is 1.70 bits per heavy atom. The summed E-state index contributed by atoms with van der Waals surface area (Å²) in [5.74, 6) is 0.905. The van der Waals surface area contributed by atoms with E-state index in [1.54, 1.807) is 36.9 Å². The van der Waals surface area contributed by atoms with Crippen molar-refractivity contribution in [2.45, 2.75) is 14.0 Å². The molecule has 5 rings (SSSR count). The molecule has 0 spiro atoms. The van der Waals surface area contributed by atoms with Crippen LogP contribution in [-0.4, -0.2) is 30.4 Å². The monoisotopic (exact) mass is 437 g/mol. The van der Waals surface area contributed by atoms with Crippen molar-refractivity contribution < 1.29 is 4.79 Å². The number of nitrogen functional groups attached to an aromatic ring is 1. The summed E-state index contributed by atoms with van der Waals surface area (Å²) < 4.78 is 1.96. The van der Waals surface area contributed by atoms with Crippen molar-refractivity contribution in [3.63, 3.8) is 0 Å². The number of fused-ring (bicyclic) bond motifs is 1. The van der Waals surface area contributed by atoms with Crippen LogP contribution in [0.4, 0.5) is 5.82 Å². The number of nitrogens with zero attached hydrogens (tertiary/aromatic N) is 5. The lowest BCUT2D eigenvalue weighted by Gasteiger charge is -2.11. The molecule has 0 aliphatic rings. The van der Waals surface area contributed by atoms with Crippen LogP contribution in [0, 0.1) is 0 Å². The number of aromatic nitrogens is 5. The highest BCUT2D eigenvalue weighted by atomic mass is 16.1. The van der Waals surface area contributed by atoms with Crippen LogP contribution in [0.5, 0.6) is 0 Å². The molecule has 0 fully saturated rings. The molecule has 0 radical (unpaired) electrons. The van der Waals surface area contributed by atoms with Crippen LogP contribution in [0.1, 0.15) is 23.3 Å². The van der Waals surface area contributed by atoms with Crippen molar-refractivity contribution in [2.75, 3.05) is 5.73 Å². The fourth-order valence-electron chi connectivity index (χ4n) is 3.49. The van der Waals surface area contributed by atoms with Crippen LogP contribution < -0.4 is 11.1 Å². The van der Waals surface area contributed by atoms with Gasteiger partial charge in [0.1, 0.15) is 11.3 Å². The quantitative estimate of drug-likeness (QED) is 0.429. The Hall–Kier alpha value is -4.59. The fraction of sp³-hybridized carbons (Fsp3) is 0.0800. The van der Waals surface area contributed by atoms with Crippen molar-refractivity contribution in [1.29, 1.82) is 0 Å². The van der Waals surface area contributed by atoms with Gasteiger partial charge >= 0.3 is 0 Å². The Bertz CT molecular complexity index is 1400. The highest BCUT2D eigenvalue weighted by Crippen LogP contribution is 2.30. The predicted molar refractivity (Wildman–Crippen MR) is 129 cm³/mol. The molecule has 3 N–H and O–H groups in total. The summed E-state index contributed by atoms with van der Waals surface area (Å²) in [6.07, 6.45) is 6.57. The van der Waals surface area contributed by atoms with Crippen LogP contribution in [0.25, 0.3) is 28.2 Å². The maximum Gasteiger partial charge on any atom is 0.253 e. The van der Waals surface area contributed by atoms with Crippen molar-refractivity contribution in [1.82, 2.24) is 29.8 Å². The molecule has 33 heavy (non-hydrogen) atoms. The van der Waals surface area contributed by atoms with Crippen LogP contribution in [-0.2, 0) is 6.54 Å². The van der Waals surface area contributed by atoms with Gasteiger partial charge in [0.25, 0.3) is 5.91 Å². The van der Waals surface area contributed by atoms with Crippen LogP contribution in [0.15, 0.2) is 85.5 Å². The fourth-order valence-corrected chi connectivity index (χ4v) is 3.49. The Balaban J connectivity index is 0.00000259. The van der Waals surface area contributed by atoms with E-state index in [1.165, 1.54) is 0 Å². The highest BCUT2D eigenvalue weighted by molar-refractivity contribution is 5.93. The highest BCUT2D eigenvalue weighted by Gasteiger charge is 2.17. The topological polar surface area (TPSA) is 112 Å². The smallest absolute Gasteiger partial charge is 0.253 e. The second-order valence-electron chi connectivity index (χ2n) is 7.14. The van der Waals surface area contributed by atoms with E-state index in [0.29, 0.717) is 23.8 Å². The van der Waals surface area contributed by atoms with E-state index in [0.717, 1.165) is 28.0 Å². The Labute approximate surface area is 191 Å². The molecule has 164 valence electrons. The van der Waals surface area contributed by atoms with Gasteiger partial charge in [-0.1, -0.05) is 19.6 Å². The second-order valence-corrected chi connectivity index (χ2v) is 7.14. The van der Waals surface area contributed by atoms with Gasteiger partial charge in [-0.2, -0.15) is 0 Å². The summed E-state index contributed by atoms with van der Waals surface area (Å²) in [6, 6.07) is 18.8. The van der Waals surface area contributed by atoms with Crippen LogP contribution in [0.3, 0.4) is 0 Å². The number of carbonyl (C=O) groups is 1. The SMILES string of the molecule is C.Nc1ncccc1-c1nc2cccnc2n1-c1ccc(CNC(=O)c2cccnc2)cc1. The van der Waals surface area contributed by atoms with Crippen molar-refractivity contribution in [3.8, 4) is 17.1 Å². The zero-order valence-electron chi connectivity index (χ0n) is 17.0. The van der Waals surface area contributed by atoms with Gasteiger partial charge in [-0.15, -0.1) is 0 Å². The maximum absolute atomic E-state index is 12.3. The zero-order valence-corrected chi connectivity index (χ0v) is 17.0. The molecule has 5 aromatic rings. The average Bonchev–Trinajstić information content (AvgIpc) is 3.23. The normalized spacial score (nSPS) is 10.5. The molecule has 4 heterocycles. The third-order valence-electron chi connectivity index (χ3n) is 5.07. The van der Waals surface area contributed by atoms with E-state index in [1.807, 2.05) is 53.1 Å². The van der Waals surface area contributed by atoms with Gasteiger partial charge in [0.2, 0.25) is 0 Å². The van der Waals surface area contributed by atoms with E-state index >= 15 is 0 Å². The minimum atomic E-state index is -0.165. The lowest BCUT2D eigenvalue weighted by molar-refractivity contribution is 0.0950. The maximum atomic E-state index is 12.3. The Morgan fingerprint density at radius 1 is 0.939 bits per heavy atom. The van der Waals surface area contributed by atoms with Gasteiger partial charge in [-0.05, 0) is 54.1 Å². The number of hydrogen-bond donors (Lipinski definition) is 2. The summed E-state index contributed by atoms with van der Waals surface area (Å²) in [5.41, 5.74) is 10.7. The summed E-state index contributed by atoms with van der Waals surface area (Å²) in [4.78, 5) is 29.7. The largest absolute Gasteiger partial charge is 0.383 e. The first-order chi connectivity index (χ1) is 15.7. The number of hydrogen-bond acceptors (Lipinski definition) is 6. The minimum absolute atomic E-state index is 0. The molecule has 0 saturated heterocycles. The van der Waals surface area contributed by atoms with E-state index in [2.05, 4.69) is 20.3 Å². The number of imidazole rings is 1. The van der Waals surface area contributed by atoms with Gasteiger partial charge in [-0.25, -0.2) is 15.0 Å². The van der Waals surface area contributed by atoms with E-state index in [9.17, 15) is 4.79 Å². The molecule has 1 amide bonds. The van der Waals surface area contributed by atoms with E-state index in [4.69, 9.17) is 10.7 Å². The zero-order chi connectivity index (χ0) is 21.9. The number of anilines is 1. The summed E-state index contributed by atoms with van der Waals surface area (Å²) in [6.45, 7) is 0.402. The molecule has 0 atom stereocenters. The number of benzene rings is 1. The second kappa shape index (κ2) is 9.27. The molecular weight excluding hydrogens is 414 g/mol. The van der Waals surface area contributed by atoms with Crippen LogP contribution >= 0.6 is 0 Å². The van der Waals surface area contributed by atoms with E-state index in [-0.39, 0.29) is 13.3 Å². The van der Waals surface area contributed by atoms with Gasteiger partial charge in [0, 0.05) is 37.0 Å². The number of carbonyl (C=O) groups excluding carboxylic acids is 1. The molecule has 0 unspecified atom stereocenters. The molecule has 0 saturated carbocycles. The Kier molecular flexibility index (Phi) is 6.08. The number of nitrogens with two attached hydrogens (primary N) is 1. The third-order valence-corrected chi connectivity index (χ3v) is 5.07. The first kappa shape index (κ1) is 21.6. The average molecular weight is 438 g/mol. The molecule has 4 aromatic heterocycles. The third kappa shape index (κ3) is 4.27. The van der Waals surface area contributed by atoms with Gasteiger partial charge in [-0.3, -0.25) is 14.3 Å². The summed E-state index contributed by atoms with van der Waals surface area (Å²) in [7, 11) is 0. The van der Waals surface area contributed by atoms with E-state index < -0.39 is 0 Å². The van der Waals surface area contributed by atoms with Gasteiger partial charge in [0.15, 0.2) is 11.5 Å². The molecule has 8 heteroatoms. The molecule has 0 aliphatic carbocycles. The molecular formula is C25H23N7O. The minimum Gasteiger partial charge on any atom is -0.383 e. The van der Waals surface area contributed by atoms with Crippen molar-refractivity contribution in [3.05, 3.63) is 96.6 Å². The lowest BCUT2D eigenvalue weighted by Crippen LogP contribution is -2.22. The van der Waals surface area contributed by atoms with Gasteiger partial charge < -0.3 is 11.1 Å². The lowest BCUT2D eigenvalue weighted by atomic mass is 10.2. The number of nitrogens with one attached hydrogen (secondary N) is 1. The number of pyridine rings is 3. The van der Waals surface area contributed by atoms with Crippen molar-refractivity contribution >= 4 is 22.9 Å². The number of rotatable bonds is 5. The number of amides is 1. The van der Waals surface area contributed by atoms with Crippen molar-refractivity contribution in [2.24, 2.45) is 0 Å². The summed E-state index contributed by atoms with van der Waals surface area (Å²) >= 11 is 0. The Morgan fingerprint density at radius 3 is 2.45 bits per heavy atom. The van der Waals surface area contributed by atoms with Gasteiger partial charge in [0.05, 0.1) is 11.1 Å². The first-order valence-corrected chi connectivity index (χ1v) is 10.0. The molecule has 8 nitrogen and oxygen atoms in total. The molecule has 1 aromatic carbocycles. The standard InChI is InChI=1S/C24H19N7O.CH4/c25-21-19(5-2-12-27-21)22-30-20-6-3-13-28-23(20)31(22)18-9-7-16(8-10-18)14-29-24(32)17-4-1-11-26-15-17;/h1-13,15H,14H2,(H2,25,27)(H,29,32);1H4. The molecule has 0 aliphatic heterocycles. The van der Waals surface area contributed by atoms with Crippen LogP contribution in [0.2, 0.25) is 0 Å². The predicted octanol–water partition coefficient (Wildman–Crippen LogP) is 4.03.